The third-order valence-corrected chi connectivity index (χ3v) is 4.71. The third kappa shape index (κ3) is 1.88. The minimum Gasteiger partial charge on any atom is -0.499 e. The average molecular weight is 222 g/mol. The van der Waals surface area contributed by atoms with Crippen LogP contribution in [0.4, 0.5) is 0 Å². The van der Waals surface area contributed by atoms with Crippen LogP contribution in [0.1, 0.15) is 38.5 Å². The quantitative estimate of drug-likeness (QED) is 0.525. The van der Waals surface area contributed by atoms with Crippen LogP contribution >= 0.6 is 0 Å². The van der Waals surface area contributed by atoms with Gasteiger partial charge in [-0.1, -0.05) is 6.58 Å². The molecule has 0 aromatic rings. The number of ether oxygens (including phenoxy) is 2. The summed E-state index contributed by atoms with van der Waals surface area (Å²) in [4.78, 5) is 0. The van der Waals surface area contributed by atoms with Gasteiger partial charge in [-0.05, 0) is 56.3 Å². The second-order valence-electron chi connectivity index (χ2n) is 5.99. The van der Waals surface area contributed by atoms with Gasteiger partial charge in [0.05, 0.1) is 18.5 Å². The molecule has 2 heteroatoms. The van der Waals surface area contributed by atoms with Crippen molar-refractivity contribution in [2.24, 2.45) is 17.8 Å². The van der Waals surface area contributed by atoms with Crippen molar-refractivity contribution in [3.63, 3.8) is 0 Å². The fraction of sp³-hybridized carbons (Fsp3) is 0.857. The number of rotatable bonds is 5. The molecule has 0 aliphatic heterocycles. The second-order valence-corrected chi connectivity index (χ2v) is 5.99. The van der Waals surface area contributed by atoms with Gasteiger partial charge in [0, 0.05) is 0 Å². The van der Waals surface area contributed by atoms with Gasteiger partial charge in [0.25, 0.3) is 0 Å². The highest BCUT2D eigenvalue weighted by molar-refractivity contribution is 5.03. The zero-order chi connectivity index (χ0) is 11.0. The van der Waals surface area contributed by atoms with Crippen LogP contribution in [-0.2, 0) is 9.47 Å². The van der Waals surface area contributed by atoms with Crippen LogP contribution in [0.2, 0.25) is 0 Å². The summed E-state index contributed by atoms with van der Waals surface area (Å²) in [6.07, 6.45) is 9.87. The van der Waals surface area contributed by atoms with Gasteiger partial charge >= 0.3 is 0 Å². The van der Waals surface area contributed by atoms with Crippen molar-refractivity contribution < 1.29 is 9.47 Å². The van der Waals surface area contributed by atoms with E-state index in [0.717, 1.165) is 24.4 Å². The summed E-state index contributed by atoms with van der Waals surface area (Å²) in [5.74, 6) is 2.89. The lowest BCUT2D eigenvalue weighted by atomic mass is 9.54. The van der Waals surface area contributed by atoms with Crippen LogP contribution in [0.25, 0.3) is 0 Å². The van der Waals surface area contributed by atoms with E-state index >= 15 is 0 Å². The monoisotopic (exact) mass is 222 g/mol. The highest BCUT2D eigenvalue weighted by Crippen LogP contribution is 2.56. The van der Waals surface area contributed by atoms with Crippen LogP contribution in [0.15, 0.2) is 12.8 Å². The summed E-state index contributed by atoms with van der Waals surface area (Å²) >= 11 is 0. The van der Waals surface area contributed by atoms with Gasteiger partial charge in [0.2, 0.25) is 0 Å². The van der Waals surface area contributed by atoms with Crippen molar-refractivity contribution in [1.82, 2.24) is 0 Å². The third-order valence-electron chi connectivity index (χ3n) is 4.71. The molecule has 0 atom stereocenters. The summed E-state index contributed by atoms with van der Waals surface area (Å²) < 4.78 is 11.3. The molecule has 0 heterocycles. The van der Waals surface area contributed by atoms with Crippen molar-refractivity contribution in [1.29, 1.82) is 0 Å². The van der Waals surface area contributed by atoms with Gasteiger partial charge in [-0.25, -0.2) is 0 Å². The Morgan fingerprint density at radius 1 is 1.00 bits per heavy atom. The lowest BCUT2D eigenvalue weighted by Gasteiger charge is -2.56. The molecule has 4 fully saturated rings. The topological polar surface area (TPSA) is 18.5 Å². The molecule has 0 radical (unpaired) electrons. The summed E-state index contributed by atoms with van der Waals surface area (Å²) in [5.41, 5.74) is 0.235. The lowest BCUT2D eigenvalue weighted by molar-refractivity contribution is -0.166. The van der Waals surface area contributed by atoms with Gasteiger partial charge in [0.1, 0.15) is 6.61 Å². The molecule has 0 amide bonds. The van der Waals surface area contributed by atoms with Crippen LogP contribution in [-0.4, -0.2) is 18.8 Å². The first-order chi connectivity index (χ1) is 7.80. The van der Waals surface area contributed by atoms with E-state index in [0.29, 0.717) is 6.61 Å². The summed E-state index contributed by atoms with van der Waals surface area (Å²) in [7, 11) is 0. The van der Waals surface area contributed by atoms with Gasteiger partial charge in [-0.3, -0.25) is 0 Å². The van der Waals surface area contributed by atoms with E-state index in [1.54, 1.807) is 0 Å². The van der Waals surface area contributed by atoms with Gasteiger partial charge in [-0.15, -0.1) is 0 Å². The molecule has 0 spiro atoms. The molecule has 0 aromatic heterocycles. The molecule has 2 nitrogen and oxygen atoms in total. The predicted octanol–water partition coefficient (Wildman–Crippen LogP) is 3.13. The zero-order valence-corrected chi connectivity index (χ0v) is 9.99. The van der Waals surface area contributed by atoms with E-state index in [2.05, 4.69) is 6.58 Å². The Kier molecular flexibility index (Phi) is 2.70. The summed E-state index contributed by atoms with van der Waals surface area (Å²) in [5, 5.41) is 0. The standard InChI is InChI=1S/C14H22O2/c1-2-15-3-4-16-14-8-11-5-12(9-14)7-13(6-11)10-14/h2,11-13H,1,3-10H2. The molecule has 4 bridgehead atoms. The van der Waals surface area contributed by atoms with Crippen molar-refractivity contribution in [2.75, 3.05) is 13.2 Å². The Bertz CT molecular complexity index is 237. The van der Waals surface area contributed by atoms with Crippen LogP contribution < -0.4 is 0 Å². The van der Waals surface area contributed by atoms with E-state index in [1.807, 2.05) is 0 Å². The highest BCUT2D eigenvalue weighted by atomic mass is 16.5. The fourth-order valence-electron chi connectivity index (χ4n) is 4.60. The normalized spacial score (nSPS) is 44.6. The maximum atomic E-state index is 6.17. The number of hydrogen-bond acceptors (Lipinski definition) is 2. The summed E-state index contributed by atoms with van der Waals surface area (Å²) in [6.45, 7) is 4.94. The van der Waals surface area contributed by atoms with E-state index in [-0.39, 0.29) is 5.60 Å². The molecule has 0 saturated heterocycles. The molecule has 0 N–H and O–H groups in total. The largest absolute Gasteiger partial charge is 0.499 e. The molecule has 4 rings (SSSR count). The smallest absolute Gasteiger partial charge is 0.111 e. The molecular formula is C14H22O2. The van der Waals surface area contributed by atoms with Gasteiger partial charge in [0.15, 0.2) is 0 Å². The Morgan fingerprint density at radius 2 is 1.56 bits per heavy atom. The SMILES string of the molecule is C=COCCOC12CC3CC(CC(C3)C1)C2. The molecule has 0 unspecified atom stereocenters. The van der Waals surface area contributed by atoms with Crippen molar-refractivity contribution in [3.05, 3.63) is 12.8 Å². The molecule has 0 aromatic carbocycles. The minimum absolute atomic E-state index is 0.235. The maximum Gasteiger partial charge on any atom is 0.111 e. The molecule has 4 saturated carbocycles. The van der Waals surface area contributed by atoms with Crippen molar-refractivity contribution in [3.8, 4) is 0 Å². The first kappa shape index (κ1) is 10.6. The van der Waals surface area contributed by atoms with E-state index in [9.17, 15) is 0 Å². The fourth-order valence-corrected chi connectivity index (χ4v) is 4.60. The minimum atomic E-state index is 0.235. The van der Waals surface area contributed by atoms with Crippen molar-refractivity contribution in [2.45, 2.75) is 44.1 Å². The molecule has 16 heavy (non-hydrogen) atoms. The van der Waals surface area contributed by atoms with E-state index in [4.69, 9.17) is 9.47 Å². The summed E-state index contributed by atoms with van der Waals surface area (Å²) in [6, 6.07) is 0. The van der Waals surface area contributed by atoms with Crippen LogP contribution in [0.5, 0.6) is 0 Å². The molecule has 90 valence electrons. The molecular weight excluding hydrogens is 200 g/mol. The lowest BCUT2D eigenvalue weighted by Crippen LogP contribution is -2.52. The van der Waals surface area contributed by atoms with E-state index in [1.165, 1.54) is 44.8 Å². The Hall–Kier alpha value is -0.500. The second kappa shape index (κ2) is 4.06. The Labute approximate surface area is 98.0 Å². The first-order valence-corrected chi connectivity index (χ1v) is 6.66. The first-order valence-electron chi connectivity index (χ1n) is 6.66. The molecule has 4 aliphatic rings. The predicted molar refractivity (Wildman–Crippen MR) is 63.0 cm³/mol. The zero-order valence-electron chi connectivity index (χ0n) is 9.99. The highest BCUT2D eigenvalue weighted by Gasteiger charge is 2.51. The molecule has 4 aliphatic carbocycles. The van der Waals surface area contributed by atoms with Crippen molar-refractivity contribution >= 4 is 0 Å². The Morgan fingerprint density at radius 3 is 2.06 bits per heavy atom. The van der Waals surface area contributed by atoms with Crippen LogP contribution in [0.3, 0.4) is 0 Å². The Balaban J connectivity index is 1.58. The maximum absolute atomic E-state index is 6.17. The van der Waals surface area contributed by atoms with Gasteiger partial charge in [-0.2, -0.15) is 0 Å². The van der Waals surface area contributed by atoms with E-state index < -0.39 is 0 Å². The number of hydrogen-bond donors (Lipinski definition) is 0. The average Bonchev–Trinajstić information content (AvgIpc) is 2.22. The van der Waals surface area contributed by atoms with Gasteiger partial charge < -0.3 is 9.47 Å². The van der Waals surface area contributed by atoms with Crippen LogP contribution in [0, 0.1) is 17.8 Å².